The van der Waals surface area contributed by atoms with E-state index in [4.69, 9.17) is 5.73 Å². The van der Waals surface area contributed by atoms with Gasteiger partial charge >= 0.3 is 0 Å². The molecule has 0 saturated carbocycles. The predicted molar refractivity (Wildman–Crippen MR) is 88.2 cm³/mol. The molecule has 23 heavy (non-hydrogen) atoms. The Morgan fingerprint density at radius 3 is 2.48 bits per heavy atom. The minimum absolute atomic E-state index is 0.242. The molecule has 4 aromatic rings. The van der Waals surface area contributed by atoms with E-state index in [1.54, 1.807) is 24.5 Å². The van der Waals surface area contributed by atoms with Crippen LogP contribution in [0.3, 0.4) is 0 Å². The first-order valence-electron chi connectivity index (χ1n) is 7.16. The molecule has 4 rings (SSSR count). The fourth-order valence-corrected chi connectivity index (χ4v) is 2.62. The number of imidazole rings is 1. The largest absolute Gasteiger partial charge is 0.384 e. The summed E-state index contributed by atoms with van der Waals surface area (Å²) in [5, 5.41) is 0. The fourth-order valence-electron chi connectivity index (χ4n) is 2.62. The van der Waals surface area contributed by atoms with Crippen LogP contribution in [0.25, 0.3) is 28.0 Å². The number of nitrogens with two attached hydrogens (primary N) is 1. The van der Waals surface area contributed by atoms with Crippen molar-refractivity contribution in [3.63, 3.8) is 0 Å². The van der Waals surface area contributed by atoms with Gasteiger partial charge < -0.3 is 5.73 Å². The van der Waals surface area contributed by atoms with Crippen molar-refractivity contribution in [1.29, 1.82) is 0 Å². The smallest absolute Gasteiger partial charge is 0.137 e. The van der Waals surface area contributed by atoms with Gasteiger partial charge in [-0.2, -0.15) is 0 Å². The fraction of sp³-hybridized carbons (Fsp3) is 0. The van der Waals surface area contributed by atoms with Crippen LogP contribution in [0.4, 0.5) is 10.2 Å². The highest BCUT2D eigenvalue weighted by atomic mass is 19.1. The number of nitrogen functional groups attached to an aromatic ring is 1. The molecule has 0 aliphatic carbocycles. The van der Waals surface area contributed by atoms with Gasteiger partial charge in [0.05, 0.1) is 11.9 Å². The third-order valence-corrected chi connectivity index (χ3v) is 3.77. The molecule has 2 N–H and O–H groups in total. The topological polar surface area (TPSA) is 56.2 Å². The van der Waals surface area contributed by atoms with Gasteiger partial charge in [0.15, 0.2) is 0 Å². The van der Waals surface area contributed by atoms with Crippen molar-refractivity contribution in [2.75, 3.05) is 5.73 Å². The molecule has 3 aromatic heterocycles. The van der Waals surface area contributed by atoms with Gasteiger partial charge in [0.2, 0.25) is 0 Å². The molecule has 0 aliphatic heterocycles. The Hall–Kier alpha value is -3.21. The number of anilines is 1. The van der Waals surface area contributed by atoms with E-state index in [1.807, 2.05) is 34.9 Å². The quantitative estimate of drug-likeness (QED) is 0.613. The highest BCUT2D eigenvalue weighted by Gasteiger charge is 2.08. The van der Waals surface area contributed by atoms with Gasteiger partial charge in [0.25, 0.3) is 0 Å². The molecule has 1 aromatic carbocycles. The first-order valence-corrected chi connectivity index (χ1v) is 7.16. The molecule has 0 radical (unpaired) electrons. The number of fused-ring (bicyclic) bond motifs is 1. The van der Waals surface area contributed by atoms with Gasteiger partial charge in [-0.1, -0.05) is 12.1 Å². The zero-order valence-electron chi connectivity index (χ0n) is 12.1. The minimum Gasteiger partial charge on any atom is -0.384 e. The molecule has 5 heteroatoms. The lowest BCUT2D eigenvalue weighted by Gasteiger charge is -2.05. The van der Waals surface area contributed by atoms with Crippen molar-refractivity contribution in [3.05, 3.63) is 72.9 Å². The number of benzene rings is 1. The van der Waals surface area contributed by atoms with Crippen LogP contribution in [0.1, 0.15) is 0 Å². The molecule has 0 unspecified atom stereocenters. The number of hydrogen-bond acceptors (Lipinski definition) is 3. The highest BCUT2D eigenvalue weighted by molar-refractivity contribution is 5.71. The van der Waals surface area contributed by atoms with Gasteiger partial charge in [-0.15, -0.1) is 0 Å². The number of nitrogens with zero attached hydrogens (tertiary/aromatic N) is 3. The maximum atomic E-state index is 13.0. The summed E-state index contributed by atoms with van der Waals surface area (Å²) >= 11 is 0. The normalized spacial score (nSPS) is 11.0. The molecule has 4 nitrogen and oxygen atoms in total. The molecule has 3 heterocycles. The van der Waals surface area contributed by atoms with Crippen molar-refractivity contribution in [2.24, 2.45) is 0 Å². The lowest BCUT2D eigenvalue weighted by molar-refractivity contribution is 0.628. The van der Waals surface area contributed by atoms with Gasteiger partial charge in [-0.05, 0) is 47.5 Å². The second-order valence-electron chi connectivity index (χ2n) is 5.26. The second-order valence-corrected chi connectivity index (χ2v) is 5.26. The Bertz CT molecular complexity index is 990. The molecule has 112 valence electrons. The average molecular weight is 304 g/mol. The van der Waals surface area contributed by atoms with Crippen LogP contribution in [0, 0.1) is 5.82 Å². The molecule has 0 atom stereocenters. The number of aromatic nitrogens is 3. The Balaban J connectivity index is 1.81. The first kappa shape index (κ1) is 13.5. The van der Waals surface area contributed by atoms with Gasteiger partial charge in [-0.25, -0.2) is 14.4 Å². The van der Waals surface area contributed by atoms with E-state index in [-0.39, 0.29) is 5.82 Å². The Kier molecular flexibility index (Phi) is 3.05. The highest BCUT2D eigenvalue weighted by Crippen LogP contribution is 2.25. The summed E-state index contributed by atoms with van der Waals surface area (Å²) in [7, 11) is 0. The van der Waals surface area contributed by atoms with Gasteiger partial charge in [0, 0.05) is 18.0 Å². The van der Waals surface area contributed by atoms with Crippen molar-refractivity contribution in [2.45, 2.75) is 0 Å². The van der Waals surface area contributed by atoms with Crippen LogP contribution in [0.15, 0.2) is 67.1 Å². The number of hydrogen-bond donors (Lipinski definition) is 1. The molecule has 0 aliphatic rings. The number of halogens is 1. The Morgan fingerprint density at radius 2 is 1.70 bits per heavy atom. The van der Waals surface area contributed by atoms with Gasteiger partial charge in [0.1, 0.15) is 17.3 Å². The summed E-state index contributed by atoms with van der Waals surface area (Å²) in [4.78, 5) is 8.46. The molecule has 0 saturated heterocycles. The van der Waals surface area contributed by atoms with E-state index in [2.05, 4.69) is 9.97 Å². The van der Waals surface area contributed by atoms with Crippen molar-refractivity contribution < 1.29 is 4.39 Å². The van der Waals surface area contributed by atoms with Crippen molar-refractivity contribution >= 4 is 11.5 Å². The number of pyridine rings is 2. The summed E-state index contributed by atoms with van der Waals surface area (Å²) in [5.41, 5.74) is 10.4. The maximum absolute atomic E-state index is 13.0. The lowest BCUT2D eigenvalue weighted by Crippen LogP contribution is -1.92. The molecular formula is C18H13FN4. The van der Waals surface area contributed by atoms with Gasteiger partial charge in [-0.3, -0.25) is 4.40 Å². The number of rotatable bonds is 2. The molecular weight excluding hydrogens is 291 g/mol. The summed E-state index contributed by atoms with van der Waals surface area (Å²) in [6.07, 6.45) is 5.43. The molecule has 0 bridgehead atoms. The zero-order valence-corrected chi connectivity index (χ0v) is 12.1. The standard InChI is InChI=1S/C18H13FN4/c19-15-3-1-12(2-4-15)13-6-8-23-16(11-22-18(23)10-13)14-5-7-21-17(20)9-14/h1-11H,(H2,20,21). The Labute approximate surface area is 132 Å². The maximum Gasteiger partial charge on any atom is 0.137 e. The lowest BCUT2D eigenvalue weighted by atomic mass is 10.1. The monoisotopic (exact) mass is 304 g/mol. The van der Waals surface area contributed by atoms with Crippen LogP contribution in [-0.2, 0) is 0 Å². The van der Waals surface area contributed by atoms with E-state index in [0.29, 0.717) is 5.82 Å². The SMILES string of the molecule is Nc1cc(-c2cnc3cc(-c4ccc(F)cc4)ccn23)ccn1. The van der Waals surface area contributed by atoms with Crippen LogP contribution < -0.4 is 5.73 Å². The van der Waals surface area contributed by atoms with E-state index in [1.165, 1.54) is 12.1 Å². The predicted octanol–water partition coefficient (Wildman–Crippen LogP) is 3.78. The van der Waals surface area contributed by atoms with Crippen LogP contribution >= 0.6 is 0 Å². The van der Waals surface area contributed by atoms with E-state index < -0.39 is 0 Å². The van der Waals surface area contributed by atoms with E-state index >= 15 is 0 Å². The summed E-state index contributed by atoms with van der Waals surface area (Å²) < 4.78 is 15.0. The van der Waals surface area contributed by atoms with Crippen LogP contribution in [0.5, 0.6) is 0 Å². The zero-order chi connectivity index (χ0) is 15.8. The third kappa shape index (κ3) is 2.42. The summed E-state index contributed by atoms with van der Waals surface area (Å²) in [6.45, 7) is 0. The summed E-state index contributed by atoms with van der Waals surface area (Å²) in [6, 6.07) is 14.1. The van der Waals surface area contributed by atoms with E-state index in [0.717, 1.165) is 28.0 Å². The van der Waals surface area contributed by atoms with Crippen molar-refractivity contribution in [1.82, 2.24) is 14.4 Å². The van der Waals surface area contributed by atoms with Crippen molar-refractivity contribution in [3.8, 4) is 22.4 Å². The summed E-state index contributed by atoms with van der Waals surface area (Å²) in [5.74, 6) is 0.230. The minimum atomic E-state index is -0.242. The Morgan fingerprint density at radius 1 is 0.870 bits per heavy atom. The third-order valence-electron chi connectivity index (χ3n) is 3.77. The molecule has 0 fully saturated rings. The first-order chi connectivity index (χ1) is 11.2. The molecule has 0 spiro atoms. The second kappa shape index (κ2) is 5.21. The van der Waals surface area contributed by atoms with Crippen LogP contribution in [0.2, 0.25) is 0 Å². The molecule has 0 amide bonds. The van der Waals surface area contributed by atoms with E-state index in [9.17, 15) is 4.39 Å². The average Bonchev–Trinajstić information content (AvgIpc) is 2.98. The van der Waals surface area contributed by atoms with Crippen LogP contribution in [-0.4, -0.2) is 14.4 Å².